The molecular formula is C28H21FN2O5S. The molecule has 2 aliphatic rings. The van der Waals surface area contributed by atoms with Crippen LogP contribution < -0.4 is 14.4 Å². The number of anilines is 1. The molecule has 0 saturated carbocycles. The van der Waals surface area contributed by atoms with Crippen molar-refractivity contribution in [2.75, 3.05) is 18.1 Å². The van der Waals surface area contributed by atoms with E-state index in [0.717, 1.165) is 15.8 Å². The number of hydrogen-bond donors (Lipinski definition) is 1. The Morgan fingerprint density at radius 2 is 1.81 bits per heavy atom. The van der Waals surface area contributed by atoms with Gasteiger partial charge in [-0.05, 0) is 55.3 Å². The van der Waals surface area contributed by atoms with Crippen molar-refractivity contribution in [2.45, 2.75) is 19.9 Å². The fraction of sp³-hybridized carbons (Fsp3) is 0.179. The predicted molar refractivity (Wildman–Crippen MR) is 138 cm³/mol. The Kier molecular flexibility index (Phi) is 5.45. The Morgan fingerprint density at radius 3 is 2.59 bits per heavy atom. The first kappa shape index (κ1) is 23.2. The molecule has 1 unspecified atom stereocenters. The maximum atomic E-state index is 15.2. The molecule has 4 aromatic rings. The molecular weight excluding hydrogens is 495 g/mol. The summed E-state index contributed by atoms with van der Waals surface area (Å²) < 4.78 is 27.2. The van der Waals surface area contributed by atoms with E-state index in [2.05, 4.69) is 4.98 Å². The zero-order valence-electron chi connectivity index (χ0n) is 19.9. The van der Waals surface area contributed by atoms with Crippen molar-refractivity contribution < 1.29 is 28.6 Å². The van der Waals surface area contributed by atoms with Gasteiger partial charge >= 0.3 is 5.91 Å². The molecule has 37 heavy (non-hydrogen) atoms. The van der Waals surface area contributed by atoms with Crippen molar-refractivity contribution in [2.24, 2.45) is 0 Å². The Hall–Kier alpha value is -4.24. The lowest BCUT2D eigenvalue weighted by Crippen LogP contribution is -2.29. The fourth-order valence-corrected chi connectivity index (χ4v) is 6.00. The molecule has 1 aromatic heterocycles. The summed E-state index contributed by atoms with van der Waals surface area (Å²) in [7, 11) is 0. The van der Waals surface area contributed by atoms with Gasteiger partial charge in [0.15, 0.2) is 16.6 Å². The van der Waals surface area contributed by atoms with Crippen LogP contribution in [0.25, 0.3) is 16.0 Å². The molecule has 0 spiro atoms. The molecule has 0 radical (unpaired) electrons. The molecule has 0 aliphatic carbocycles. The Bertz CT molecular complexity index is 1640. The summed E-state index contributed by atoms with van der Waals surface area (Å²) in [5.41, 5.74) is 2.76. The second kappa shape index (κ2) is 8.70. The van der Waals surface area contributed by atoms with Gasteiger partial charge in [0, 0.05) is 11.1 Å². The maximum absolute atomic E-state index is 15.2. The highest BCUT2D eigenvalue weighted by Crippen LogP contribution is 2.46. The SMILES string of the molecule is Cc1cc(C)c2nc(N3C(=O)C(=O)/C(=C(/O)c4ccc5c(c4)OCCO5)C3c3ccccc3F)sc2c1. The van der Waals surface area contributed by atoms with Crippen molar-refractivity contribution in [3.8, 4) is 11.5 Å². The van der Waals surface area contributed by atoms with E-state index in [-0.39, 0.29) is 21.8 Å². The van der Waals surface area contributed by atoms with Crippen LogP contribution in [0.4, 0.5) is 9.52 Å². The van der Waals surface area contributed by atoms with Gasteiger partial charge in [-0.15, -0.1) is 0 Å². The highest BCUT2D eigenvalue weighted by Gasteiger charge is 2.49. The van der Waals surface area contributed by atoms with Gasteiger partial charge in [-0.3, -0.25) is 14.5 Å². The first-order chi connectivity index (χ1) is 17.8. The monoisotopic (exact) mass is 516 g/mol. The van der Waals surface area contributed by atoms with E-state index in [9.17, 15) is 14.7 Å². The molecule has 0 bridgehead atoms. The van der Waals surface area contributed by atoms with Crippen LogP contribution in [0.2, 0.25) is 0 Å². The van der Waals surface area contributed by atoms with Gasteiger partial charge in [-0.1, -0.05) is 35.6 Å². The molecule has 6 rings (SSSR count). The third kappa shape index (κ3) is 3.74. The number of fused-ring (bicyclic) bond motifs is 2. The van der Waals surface area contributed by atoms with Crippen molar-refractivity contribution in [3.63, 3.8) is 0 Å². The molecule has 1 amide bonds. The predicted octanol–water partition coefficient (Wildman–Crippen LogP) is 5.45. The average molecular weight is 517 g/mol. The topological polar surface area (TPSA) is 89.0 Å². The number of aliphatic hydroxyl groups excluding tert-OH is 1. The second-order valence-electron chi connectivity index (χ2n) is 8.97. The summed E-state index contributed by atoms with van der Waals surface area (Å²) >= 11 is 1.24. The lowest BCUT2D eigenvalue weighted by Gasteiger charge is -2.23. The number of hydrogen-bond acceptors (Lipinski definition) is 7. The number of aliphatic hydroxyl groups is 1. The van der Waals surface area contributed by atoms with Crippen LogP contribution in [0.1, 0.15) is 28.3 Å². The molecule has 1 saturated heterocycles. The van der Waals surface area contributed by atoms with Crippen LogP contribution in [-0.4, -0.2) is 35.0 Å². The van der Waals surface area contributed by atoms with E-state index in [4.69, 9.17) is 9.47 Å². The molecule has 9 heteroatoms. The highest BCUT2D eigenvalue weighted by molar-refractivity contribution is 7.22. The first-order valence-electron chi connectivity index (χ1n) is 11.7. The minimum atomic E-state index is -1.21. The number of ether oxygens (including phenoxy) is 2. The van der Waals surface area contributed by atoms with Crippen LogP contribution in [0.15, 0.2) is 60.2 Å². The molecule has 7 nitrogen and oxygen atoms in total. The number of carbonyl (C=O) groups excluding carboxylic acids is 2. The van der Waals surface area contributed by atoms with Crippen molar-refractivity contribution in [3.05, 3.63) is 88.2 Å². The van der Waals surface area contributed by atoms with Crippen LogP contribution in [0, 0.1) is 19.7 Å². The van der Waals surface area contributed by atoms with Crippen molar-refractivity contribution in [1.82, 2.24) is 4.98 Å². The van der Waals surface area contributed by atoms with Crippen molar-refractivity contribution in [1.29, 1.82) is 0 Å². The number of rotatable bonds is 3. The van der Waals surface area contributed by atoms with Crippen molar-refractivity contribution >= 4 is 44.1 Å². The molecule has 1 N–H and O–H groups in total. The number of carbonyl (C=O) groups is 2. The third-order valence-corrected chi connectivity index (χ3v) is 7.49. The zero-order valence-corrected chi connectivity index (χ0v) is 20.8. The van der Waals surface area contributed by atoms with E-state index in [1.165, 1.54) is 34.4 Å². The standard InChI is InChI=1S/C28H21FN2O5S/c1-14-11-15(2)23-21(12-14)37-28(30-23)31-24(17-5-3-4-6-18(17)29)22(26(33)27(31)34)25(32)16-7-8-19-20(13-16)36-10-9-35-19/h3-8,11-13,24,32H,9-10H2,1-2H3/b25-22+. The van der Waals surface area contributed by atoms with Crippen LogP contribution in [0.5, 0.6) is 11.5 Å². The normalized spacial score (nSPS) is 18.6. The summed E-state index contributed by atoms with van der Waals surface area (Å²) in [6.07, 6.45) is 0. The number of nitrogens with zero attached hydrogens (tertiary/aromatic N) is 2. The van der Waals surface area contributed by atoms with Crippen LogP contribution >= 0.6 is 11.3 Å². The highest BCUT2D eigenvalue weighted by atomic mass is 32.1. The molecule has 3 heterocycles. The van der Waals surface area contributed by atoms with Gasteiger partial charge in [0.2, 0.25) is 0 Å². The largest absolute Gasteiger partial charge is 0.507 e. The number of Topliss-reactive ketones (excluding diaryl/α,β-unsaturated/α-hetero) is 1. The van der Waals surface area contributed by atoms with E-state index in [1.54, 1.807) is 24.3 Å². The number of benzene rings is 3. The van der Waals surface area contributed by atoms with Gasteiger partial charge in [-0.25, -0.2) is 9.37 Å². The zero-order chi connectivity index (χ0) is 25.8. The molecule has 3 aromatic carbocycles. The van der Waals surface area contributed by atoms with Gasteiger partial charge < -0.3 is 14.6 Å². The molecule has 186 valence electrons. The Labute approximate surface area is 215 Å². The number of amides is 1. The summed E-state index contributed by atoms with van der Waals surface area (Å²) in [6.45, 7) is 4.62. The lowest BCUT2D eigenvalue weighted by molar-refractivity contribution is -0.132. The van der Waals surface area contributed by atoms with Crippen LogP contribution in [-0.2, 0) is 9.59 Å². The minimum absolute atomic E-state index is 0.0768. The van der Waals surface area contributed by atoms with E-state index in [1.807, 2.05) is 26.0 Å². The fourth-order valence-electron chi connectivity index (χ4n) is 4.83. The summed E-state index contributed by atoms with van der Waals surface area (Å²) in [6, 6.07) is 13.3. The summed E-state index contributed by atoms with van der Waals surface area (Å²) in [4.78, 5) is 32.7. The lowest BCUT2D eigenvalue weighted by atomic mass is 9.95. The number of halogens is 1. The van der Waals surface area contributed by atoms with Gasteiger partial charge in [0.05, 0.1) is 15.8 Å². The molecule has 1 atom stereocenters. The Morgan fingerprint density at radius 1 is 1.05 bits per heavy atom. The van der Waals surface area contributed by atoms with E-state index >= 15 is 4.39 Å². The third-order valence-electron chi connectivity index (χ3n) is 6.48. The first-order valence-corrected chi connectivity index (χ1v) is 12.5. The maximum Gasteiger partial charge on any atom is 0.301 e. The smallest absolute Gasteiger partial charge is 0.301 e. The molecule has 2 aliphatic heterocycles. The summed E-state index contributed by atoms with van der Waals surface area (Å²) in [5, 5.41) is 11.6. The number of aromatic nitrogens is 1. The van der Waals surface area contributed by atoms with Crippen LogP contribution in [0.3, 0.4) is 0 Å². The number of ketones is 1. The number of thiazole rings is 1. The van der Waals surface area contributed by atoms with Gasteiger partial charge in [0.1, 0.15) is 30.8 Å². The number of aryl methyl sites for hydroxylation is 2. The average Bonchev–Trinajstić information content (AvgIpc) is 3.42. The second-order valence-corrected chi connectivity index (χ2v) is 9.98. The van der Waals surface area contributed by atoms with Gasteiger partial charge in [-0.2, -0.15) is 0 Å². The van der Waals surface area contributed by atoms with E-state index < -0.39 is 29.3 Å². The quantitative estimate of drug-likeness (QED) is 0.221. The molecule has 1 fully saturated rings. The minimum Gasteiger partial charge on any atom is -0.507 e. The summed E-state index contributed by atoms with van der Waals surface area (Å²) in [5.74, 6) is -1.94. The van der Waals surface area contributed by atoms with E-state index in [0.29, 0.717) is 30.2 Å². The Balaban J connectivity index is 1.56. The van der Waals surface area contributed by atoms with Gasteiger partial charge in [0.25, 0.3) is 5.78 Å².